The normalized spacial score (nSPS) is 10.9. The van der Waals surface area contributed by atoms with Gasteiger partial charge in [0.15, 0.2) is 17.3 Å². The van der Waals surface area contributed by atoms with Gasteiger partial charge in [0.25, 0.3) is 0 Å². The molecule has 0 spiro atoms. The van der Waals surface area contributed by atoms with Gasteiger partial charge in [0.2, 0.25) is 0 Å². The van der Waals surface area contributed by atoms with E-state index >= 15 is 0 Å². The standard InChI is InChI=1S/3C5H8O2.V/c3*1-4(3-6)5(2)7;/h3*3,6H,1-2H3;/b3*4-3-;. The molecule has 0 aliphatic carbocycles. The number of carbonyl (C=O) groups is 3. The van der Waals surface area contributed by atoms with E-state index < -0.39 is 0 Å². The maximum absolute atomic E-state index is 10.1. The maximum Gasteiger partial charge on any atom is 0.158 e. The SMILES string of the molecule is CC(=O)/C(C)=C\O.CC(=O)/C(C)=C\O.CC(=O)/C(C)=C\O.[V]. The van der Waals surface area contributed by atoms with E-state index in [-0.39, 0.29) is 35.9 Å². The van der Waals surface area contributed by atoms with E-state index in [0.717, 1.165) is 18.8 Å². The predicted molar refractivity (Wildman–Crippen MR) is 81.2 cm³/mol. The van der Waals surface area contributed by atoms with E-state index in [0.29, 0.717) is 16.7 Å². The molecular formula is C15H24O6V. The summed E-state index contributed by atoms with van der Waals surface area (Å²) >= 11 is 0. The van der Waals surface area contributed by atoms with Gasteiger partial charge in [-0.2, -0.15) is 0 Å². The number of allylic oxidation sites excluding steroid dienone is 3. The Morgan fingerprint density at radius 3 is 0.682 bits per heavy atom. The topological polar surface area (TPSA) is 112 Å². The third kappa shape index (κ3) is 20.5. The molecule has 0 aliphatic rings. The van der Waals surface area contributed by atoms with Crippen molar-refractivity contribution in [1.29, 1.82) is 0 Å². The largest absolute Gasteiger partial charge is 0.515 e. The van der Waals surface area contributed by atoms with Gasteiger partial charge in [-0.05, 0) is 41.5 Å². The molecule has 6 nitrogen and oxygen atoms in total. The van der Waals surface area contributed by atoms with Crippen LogP contribution in [0.4, 0.5) is 0 Å². The van der Waals surface area contributed by atoms with Gasteiger partial charge >= 0.3 is 0 Å². The third-order valence-corrected chi connectivity index (χ3v) is 2.25. The van der Waals surface area contributed by atoms with Crippen molar-refractivity contribution < 1.29 is 48.3 Å². The zero-order valence-electron chi connectivity index (χ0n) is 13.7. The van der Waals surface area contributed by atoms with Crippen LogP contribution in [0, 0.1) is 0 Å². The van der Waals surface area contributed by atoms with E-state index in [1.54, 1.807) is 20.8 Å². The summed E-state index contributed by atoms with van der Waals surface area (Å²) in [7, 11) is 0. The van der Waals surface area contributed by atoms with Crippen molar-refractivity contribution in [3.05, 3.63) is 35.5 Å². The second-order valence-corrected chi connectivity index (χ2v) is 4.10. The van der Waals surface area contributed by atoms with Crippen LogP contribution < -0.4 is 0 Å². The number of aliphatic hydroxyl groups is 3. The van der Waals surface area contributed by atoms with E-state index in [4.69, 9.17) is 15.3 Å². The maximum atomic E-state index is 10.1. The van der Waals surface area contributed by atoms with E-state index in [9.17, 15) is 14.4 Å². The van der Waals surface area contributed by atoms with Crippen molar-refractivity contribution in [2.45, 2.75) is 41.5 Å². The molecule has 0 bridgehead atoms. The Bertz CT molecular complexity index is 380. The molecule has 0 aromatic heterocycles. The van der Waals surface area contributed by atoms with Crippen LogP contribution in [0.15, 0.2) is 35.5 Å². The second-order valence-electron chi connectivity index (χ2n) is 4.10. The number of Topliss-reactive ketones (excluding diaryl/α,β-unsaturated/α-hetero) is 3. The molecule has 0 heterocycles. The summed E-state index contributed by atoms with van der Waals surface area (Å²) in [6.07, 6.45) is 2.42. The van der Waals surface area contributed by atoms with Crippen LogP contribution >= 0.6 is 0 Å². The average Bonchev–Trinajstić information content (AvgIpc) is 2.45. The van der Waals surface area contributed by atoms with Crippen LogP contribution in [0.25, 0.3) is 0 Å². The first-order chi connectivity index (χ1) is 9.54. The molecule has 0 fully saturated rings. The molecule has 0 aliphatic heterocycles. The zero-order valence-corrected chi connectivity index (χ0v) is 15.1. The zero-order chi connectivity index (χ0) is 17.6. The molecule has 3 N–H and O–H groups in total. The molecule has 0 rings (SSSR count). The number of ketones is 3. The fourth-order valence-corrected chi connectivity index (χ4v) is 0.273. The van der Waals surface area contributed by atoms with Gasteiger partial charge in [-0.1, -0.05) is 0 Å². The van der Waals surface area contributed by atoms with Crippen LogP contribution in [0.1, 0.15) is 41.5 Å². The average molecular weight is 351 g/mol. The molecule has 0 aromatic carbocycles. The molecular weight excluding hydrogens is 327 g/mol. The van der Waals surface area contributed by atoms with E-state index in [2.05, 4.69) is 0 Å². The molecule has 0 saturated heterocycles. The van der Waals surface area contributed by atoms with Crippen molar-refractivity contribution in [1.82, 2.24) is 0 Å². The Hall–Kier alpha value is -1.79. The van der Waals surface area contributed by atoms with Crippen molar-refractivity contribution in [2.24, 2.45) is 0 Å². The summed E-state index contributed by atoms with van der Waals surface area (Å²) < 4.78 is 0. The van der Waals surface area contributed by atoms with Gasteiger partial charge in [0.1, 0.15) is 0 Å². The van der Waals surface area contributed by atoms with Crippen LogP contribution in [0.2, 0.25) is 0 Å². The molecule has 125 valence electrons. The van der Waals surface area contributed by atoms with Gasteiger partial charge in [0.05, 0.1) is 18.8 Å². The minimum absolute atomic E-state index is 0. The van der Waals surface area contributed by atoms with Crippen molar-refractivity contribution >= 4 is 17.3 Å². The monoisotopic (exact) mass is 351 g/mol. The Morgan fingerprint density at radius 1 is 0.545 bits per heavy atom. The van der Waals surface area contributed by atoms with E-state index in [1.807, 2.05) is 0 Å². The molecule has 22 heavy (non-hydrogen) atoms. The minimum Gasteiger partial charge on any atom is -0.515 e. The first-order valence-corrected chi connectivity index (χ1v) is 6.00. The van der Waals surface area contributed by atoms with Crippen LogP contribution in [0.5, 0.6) is 0 Å². The van der Waals surface area contributed by atoms with Gasteiger partial charge in [-0.3, -0.25) is 14.4 Å². The fraction of sp³-hybridized carbons (Fsp3) is 0.400. The Balaban J connectivity index is -0.000000108. The predicted octanol–water partition coefficient (Wildman–Crippen LogP) is 3.11. The summed E-state index contributed by atoms with van der Waals surface area (Å²) in [4.78, 5) is 30.4. The Kier molecular flexibility index (Phi) is 22.3. The first kappa shape index (κ1) is 28.4. The van der Waals surface area contributed by atoms with Crippen molar-refractivity contribution in [2.75, 3.05) is 0 Å². The summed E-state index contributed by atoms with van der Waals surface area (Å²) in [5, 5.41) is 24.4. The van der Waals surface area contributed by atoms with Crippen LogP contribution in [0.3, 0.4) is 0 Å². The van der Waals surface area contributed by atoms with Crippen molar-refractivity contribution in [3.8, 4) is 0 Å². The summed E-state index contributed by atoms with van der Waals surface area (Å²) in [6, 6.07) is 0. The van der Waals surface area contributed by atoms with Gasteiger partial charge in [-0.15, -0.1) is 0 Å². The number of rotatable bonds is 3. The molecule has 7 heteroatoms. The van der Waals surface area contributed by atoms with Gasteiger partial charge in [0, 0.05) is 35.3 Å². The van der Waals surface area contributed by atoms with Crippen LogP contribution in [-0.2, 0) is 32.9 Å². The third-order valence-electron chi connectivity index (χ3n) is 2.25. The number of hydrogen-bond acceptors (Lipinski definition) is 6. The molecule has 1 radical (unpaired) electrons. The van der Waals surface area contributed by atoms with Crippen molar-refractivity contribution in [3.63, 3.8) is 0 Å². The molecule has 0 aromatic rings. The summed E-state index contributed by atoms with van der Waals surface area (Å²) in [5.41, 5.74) is 1.17. The number of aliphatic hydroxyl groups excluding tert-OH is 3. The Labute approximate surface area is 143 Å². The minimum atomic E-state index is -0.0949. The summed E-state index contributed by atoms with van der Waals surface area (Å²) in [5.74, 6) is -0.285. The second kappa shape index (κ2) is 17.3. The first-order valence-electron chi connectivity index (χ1n) is 6.00. The fourth-order valence-electron chi connectivity index (χ4n) is 0.273. The smallest absolute Gasteiger partial charge is 0.158 e. The van der Waals surface area contributed by atoms with Gasteiger partial charge in [-0.25, -0.2) is 0 Å². The molecule has 0 amide bonds. The quantitative estimate of drug-likeness (QED) is 0.532. The van der Waals surface area contributed by atoms with Crippen LogP contribution in [-0.4, -0.2) is 32.7 Å². The molecule has 0 saturated carbocycles. The molecule has 0 unspecified atom stereocenters. The number of hydrogen-bond donors (Lipinski definition) is 3. The summed E-state index contributed by atoms with van der Waals surface area (Å²) in [6.45, 7) is 8.89. The number of carbonyl (C=O) groups excluding carboxylic acids is 3. The Morgan fingerprint density at radius 2 is 0.682 bits per heavy atom. The van der Waals surface area contributed by atoms with Gasteiger partial charge < -0.3 is 15.3 Å². The van der Waals surface area contributed by atoms with E-state index in [1.165, 1.54) is 20.8 Å². The molecule has 0 atom stereocenters.